The number of hydrogen-bond acceptors (Lipinski definition) is 4. The monoisotopic (exact) mass is 284 g/mol. The molecule has 0 aliphatic carbocycles. The molecule has 5 nitrogen and oxygen atoms in total. The topological polar surface area (TPSA) is 64.0 Å². The van der Waals surface area contributed by atoms with Crippen molar-refractivity contribution in [2.45, 2.75) is 0 Å². The molecule has 1 amide bonds. The van der Waals surface area contributed by atoms with Crippen LogP contribution in [0.5, 0.6) is 0 Å². The molecule has 2 N–H and O–H groups in total. The molecule has 0 bridgehead atoms. The van der Waals surface area contributed by atoms with Crippen LogP contribution >= 0.6 is 12.4 Å². The summed E-state index contributed by atoms with van der Waals surface area (Å²) in [5.74, 6) is 0.00193. The van der Waals surface area contributed by atoms with Gasteiger partial charge in [-0.1, -0.05) is 12.1 Å². The van der Waals surface area contributed by atoms with Gasteiger partial charge in [0.2, 0.25) is 0 Å². The van der Waals surface area contributed by atoms with E-state index in [4.69, 9.17) is 10.0 Å². The summed E-state index contributed by atoms with van der Waals surface area (Å²) in [4.78, 5) is 16.2. The second-order valence-electron chi connectivity index (χ2n) is 4.59. The maximum absolute atomic E-state index is 12.2. The van der Waals surface area contributed by atoms with Crippen LogP contribution in [0.15, 0.2) is 24.3 Å². The molecule has 1 heterocycles. The Hall–Kier alpha value is -1.08. The molecule has 2 rings (SSSR count). The van der Waals surface area contributed by atoms with Crippen LogP contribution in [0.3, 0.4) is 0 Å². The first-order chi connectivity index (χ1) is 8.58. The molecule has 1 fully saturated rings. The Morgan fingerprint density at radius 2 is 1.63 bits per heavy atom. The zero-order valence-electron chi connectivity index (χ0n) is 10.8. The number of carbonyl (C=O) groups excluding carboxylic acids is 1. The Labute approximate surface area is 119 Å². The van der Waals surface area contributed by atoms with Crippen molar-refractivity contribution < 1.29 is 14.8 Å². The van der Waals surface area contributed by atoms with Gasteiger partial charge in [0, 0.05) is 31.7 Å². The van der Waals surface area contributed by atoms with Crippen LogP contribution < -0.4 is 5.46 Å². The van der Waals surface area contributed by atoms with Crippen LogP contribution in [-0.4, -0.2) is 66.1 Å². The fourth-order valence-corrected chi connectivity index (χ4v) is 1.99. The van der Waals surface area contributed by atoms with Crippen LogP contribution in [-0.2, 0) is 0 Å². The molecular formula is C12H18BClN2O3. The highest BCUT2D eigenvalue weighted by Gasteiger charge is 2.20. The van der Waals surface area contributed by atoms with Gasteiger partial charge < -0.3 is 19.8 Å². The molecule has 7 heteroatoms. The number of nitrogens with zero attached hydrogens (tertiary/aromatic N) is 2. The number of rotatable bonds is 2. The van der Waals surface area contributed by atoms with Gasteiger partial charge in [-0.2, -0.15) is 0 Å². The van der Waals surface area contributed by atoms with E-state index < -0.39 is 7.12 Å². The third-order valence-corrected chi connectivity index (χ3v) is 3.25. The van der Waals surface area contributed by atoms with Gasteiger partial charge in [0.05, 0.1) is 0 Å². The van der Waals surface area contributed by atoms with E-state index in [1.54, 1.807) is 24.3 Å². The molecule has 1 aliphatic heterocycles. The second-order valence-corrected chi connectivity index (χ2v) is 4.59. The van der Waals surface area contributed by atoms with Crippen molar-refractivity contribution in [1.29, 1.82) is 0 Å². The van der Waals surface area contributed by atoms with E-state index in [1.165, 1.54) is 0 Å². The third kappa shape index (κ3) is 3.94. The molecule has 0 radical (unpaired) electrons. The first kappa shape index (κ1) is 16.0. The number of benzene rings is 1. The molecule has 0 atom stereocenters. The summed E-state index contributed by atoms with van der Waals surface area (Å²) in [6.45, 7) is 3.25. The van der Waals surface area contributed by atoms with E-state index in [0.717, 1.165) is 26.2 Å². The van der Waals surface area contributed by atoms with Gasteiger partial charge in [0.15, 0.2) is 0 Å². The summed E-state index contributed by atoms with van der Waals surface area (Å²) in [6, 6.07) is 6.40. The lowest BCUT2D eigenvalue weighted by atomic mass is 9.80. The van der Waals surface area contributed by atoms with E-state index in [9.17, 15) is 4.79 Å². The van der Waals surface area contributed by atoms with E-state index in [-0.39, 0.29) is 18.3 Å². The largest absolute Gasteiger partial charge is 0.488 e. The Bertz CT molecular complexity index is 419. The van der Waals surface area contributed by atoms with Gasteiger partial charge >= 0.3 is 7.12 Å². The van der Waals surface area contributed by atoms with E-state index in [2.05, 4.69) is 4.90 Å². The van der Waals surface area contributed by atoms with Crippen molar-refractivity contribution in [3.8, 4) is 0 Å². The highest BCUT2D eigenvalue weighted by atomic mass is 35.5. The first-order valence-electron chi connectivity index (χ1n) is 6.02. The third-order valence-electron chi connectivity index (χ3n) is 3.25. The molecule has 0 aromatic heterocycles. The zero-order chi connectivity index (χ0) is 13.1. The van der Waals surface area contributed by atoms with Gasteiger partial charge in [-0.3, -0.25) is 4.79 Å². The summed E-state index contributed by atoms with van der Waals surface area (Å²) in [7, 11) is 0.553. The molecule has 1 saturated heterocycles. The molecule has 0 saturated carbocycles. The zero-order valence-corrected chi connectivity index (χ0v) is 11.6. The molecular weight excluding hydrogens is 266 g/mol. The maximum Gasteiger partial charge on any atom is 0.488 e. The summed E-state index contributed by atoms with van der Waals surface area (Å²) in [5, 5.41) is 18.0. The van der Waals surface area contributed by atoms with Crippen molar-refractivity contribution in [2.24, 2.45) is 0 Å². The molecule has 1 aromatic rings. The molecule has 0 unspecified atom stereocenters. The SMILES string of the molecule is CN1CCN(C(=O)c2ccc(B(O)O)cc2)CC1.Cl. The summed E-state index contributed by atoms with van der Waals surface area (Å²) in [5.41, 5.74) is 0.980. The van der Waals surface area contributed by atoms with Crippen LogP contribution in [0.4, 0.5) is 0 Å². The van der Waals surface area contributed by atoms with E-state index >= 15 is 0 Å². The molecule has 1 aliphatic rings. The summed E-state index contributed by atoms with van der Waals surface area (Å²) >= 11 is 0. The van der Waals surface area contributed by atoms with Crippen LogP contribution in [0.2, 0.25) is 0 Å². The number of amides is 1. The lowest BCUT2D eigenvalue weighted by Crippen LogP contribution is -2.47. The van der Waals surface area contributed by atoms with Crippen molar-refractivity contribution in [3.63, 3.8) is 0 Å². The Balaban J connectivity index is 0.00000180. The Kier molecular flexibility index (Phi) is 5.81. The molecule has 104 valence electrons. The quantitative estimate of drug-likeness (QED) is 0.696. The second kappa shape index (κ2) is 6.91. The van der Waals surface area contributed by atoms with Gasteiger partial charge in [0.25, 0.3) is 5.91 Å². The fourth-order valence-electron chi connectivity index (χ4n) is 1.99. The smallest absolute Gasteiger partial charge is 0.423 e. The van der Waals surface area contributed by atoms with Crippen LogP contribution in [0, 0.1) is 0 Å². The standard InChI is InChI=1S/C12H17BN2O3.ClH/c1-14-6-8-15(9-7-14)12(16)10-2-4-11(5-3-10)13(17)18;/h2-5,17-18H,6-9H2,1H3;1H. The number of likely N-dealkylation sites (N-methyl/N-ethyl adjacent to an activating group) is 1. The highest BCUT2D eigenvalue weighted by molar-refractivity contribution is 6.58. The minimum atomic E-state index is -1.49. The minimum Gasteiger partial charge on any atom is -0.423 e. The van der Waals surface area contributed by atoms with Crippen LogP contribution in [0.1, 0.15) is 10.4 Å². The minimum absolute atomic E-state index is 0. The number of hydrogen-bond donors (Lipinski definition) is 2. The summed E-state index contributed by atoms with van der Waals surface area (Å²) in [6.07, 6.45) is 0. The van der Waals surface area contributed by atoms with E-state index in [0.29, 0.717) is 11.0 Å². The number of piperazine rings is 1. The fraction of sp³-hybridized carbons (Fsp3) is 0.417. The highest BCUT2D eigenvalue weighted by Crippen LogP contribution is 2.07. The van der Waals surface area contributed by atoms with Crippen LogP contribution in [0.25, 0.3) is 0 Å². The first-order valence-corrected chi connectivity index (χ1v) is 6.02. The van der Waals surface area contributed by atoms with E-state index in [1.807, 2.05) is 11.9 Å². The molecule has 0 spiro atoms. The van der Waals surface area contributed by atoms with Gasteiger partial charge in [-0.05, 0) is 24.6 Å². The Morgan fingerprint density at radius 1 is 1.11 bits per heavy atom. The normalized spacial score (nSPS) is 15.8. The van der Waals surface area contributed by atoms with Gasteiger partial charge in [-0.15, -0.1) is 12.4 Å². The molecule has 19 heavy (non-hydrogen) atoms. The average Bonchev–Trinajstić information content (AvgIpc) is 2.39. The van der Waals surface area contributed by atoms with Crippen molar-refractivity contribution >= 4 is 30.9 Å². The predicted octanol–water partition coefficient (Wildman–Crippen LogP) is -0.824. The Morgan fingerprint density at radius 3 is 2.11 bits per heavy atom. The van der Waals surface area contributed by atoms with Gasteiger partial charge in [0.1, 0.15) is 0 Å². The molecule has 1 aromatic carbocycles. The summed E-state index contributed by atoms with van der Waals surface area (Å²) < 4.78 is 0. The van der Waals surface area contributed by atoms with Crippen molar-refractivity contribution in [1.82, 2.24) is 9.80 Å². The predicted molar refractivity (Wildman–Crippen MR) is 76.9 cm³/mol. The number of carbonyl (C=O) groups is 1. The maximum atomic E-state index is 12.2. The van der Waals surface area contributed by atoms with Gasteiger partial charge in [-0.25, -0.2) is 0 Å². The number of halogens is 1. The lowest BCUT2D eigenvalue weighted by Gasteiger charge is -2.32. The van der Waals surface area contributed by atoms with Crippen molar-refractivity contribution in [2.75, 3.05) is 33.2 Å². The van der Waals surface area contributed by atoms with Crippen molar-refractivity contribution in [3.05, 3.63) is 29.8 Å². The lowest BCUT2D eigenvalue weighted by molar-refractivity contribution is 0.0664. The average molecular weight is 285 g/mol.